The monoisotopic (exact) mass is 293 g/mol. The van der Waals surface area contributed by atoms with Gasteiger partial charge in [-0.2, -0.15) is 4.98 Å². The molecule has 1 N–H and O–H groups in total. The minimum Gasteiger partial charge on any atom is -0.339 e. The molecule has 0 fully saturated rings. The van der Waals surface area contributed by atoms with Gasteiger partial charge in [-0.15, -0.1) is 0 Å². The molecule has 0 aliphatic carbocycles. The number of nitrogens with zero attached hydrogens (tertiary/aromatic N) is 2. The van der Waals surface area contributed by atoms with E-state index in [-0.39, 0.29) is 0 Å². The highest BCUT2D eigenvalue weighted by molar-refractivity contribution is 6.30. The first kappa shape index (κ1) is 15.0. The summed E-state index contributed by atoms with van der Waals surface area (Å²) in [5.74, 6) is 1.89. The van der Waals surface area contributed by atoms with Crippen LogP contribution < -0.4 is 5.32 Å². The Morgan fingerprint density at radius 1 is 1.35 bits per heavy atom. The van der Waals surface area contributed by atoms with Gasteiger partial charge in [0.15, 0.2) is 5.82 Å². The fourth-order valence-electron chi connectivity index (χ4n) is 2.13. The van der Waals surface area contributed by atoms with E-state index in [1.807, 2.05) is 31.3 Å². The molecule has 0 aliphatic heterocycles. The summed E-state index contributed by atoms with van der Waals surface area (Å²) in [7, 11) is 1.95. The first-order chi connectivity index (χ1) is 9.58. The SMILES string of the molecule is CNC(Cc1nc(Cc2cccc(Cl)c2)no1)C(C)C. The fraction of sp³-hybridized carbons (Fsp3) is 0.467. The number of rotatable bonds is 6. The Labute approximate surface area is 124 Å². The second-order valence-electron chi connectivity index (χ2n) is 5.25. The summed E-state index contributed by atoms with van der Waals surface area (Å²) < 4.78 is 5.32. The average molecular weight is 294 g/mol. The van der Waals surface area contributed by atoms with E-state index in [4.69, 9.17) is 16.1 Å². The lowest BCUT2D eigenvalue weighted by molar-refractivity contribution is 0.333. The van der Waals surface area contributed by atoms with Crippen molar-refractivity contribution in [1.29, 1.82) is 0 Å². The number of nitrogens with one attached hydrogen (secondary N) is 1. The van der Waals surface area contributed by atoms with Crippen LogP contribution >= 0.6 is 11.6 Å². The second kappa shape index (κ2) is 6.86. The zero-order chi connectivity index (χ0) is 14.5. The molecule has 0 amide bonds. The van der Waals surface area contributed by atoms with Gasteiger partial charge in [0.05, 0.1) is 0 Å². The molecule has 2 rings (SSSR count). The molecule has 1 atom stereocenters. The third-order valence-corrected chi connectivity index (χ3v) is 3.57. The van der Waals surface area contributed by atoms with E-state index in [1.165, 1.54) is 0 Å². The third kappa shape index (κ3) is 4.05. The highest BCUT2D eigenvalue weighted by Gasteiger charge is 2.16. The van der Waals surface area contributed by atoms with Crippen molar-refractivity contribution in [2.75, 3.05) is 7.05 Å². The van der Waals surface area contributed by atoms with Gasteiger partial charge >= 0.3 is 0 Å². The topological polar surface area (TPSA) is 51.0 Å². The van der Waals surface area contributed by atoms with Gasteiger partial charge in [0.2, 0.25) is 5.89 Å². The molecule has 0 spiro atoms. The first-order valence-electron chi connectivity index (χ1n) is 6.81. The second-order valence-corrected chi connectivity index (χ2v) is 5.69. The van der Waals surface area contributed by atoms with Crippen LogP contribution in [-0.4, -0.2) is 23.2 Å². The number of hydrogen-bond donors (Lipinski definition) is 1. The van der Waals surface area contributed by atoms with Gasteiger partial charge < -0.3 is 9.84 Å². The summed E-state index contributed by atoms with van der Waals surface area (Å²) in [6.07, 6.45) is 1.38. The molecule has 4 nitrogen and oxygen atoms in total. The molecule has 1 aromatic carbocycles. The van der Waals surface area contributed by atoms with Crippen LogP contribution in [0.2, 0.25) is 5.02 Å². The third-order valence-electron chi connectivity index (χ3n) is 3.33. The van der Waals surface area contributed by atoms with Crippen molar-refractivity contribution in [2.45, 2.75) is 32.7 Å². The van der Waals surface area contributed by atoms with E-state index in [1.54, 1.807) is 0 Å². The van der Waals surface area contributed by atoms with Crippen LogP contribution in [0, 0.1) is 5.92 Å². The molecule has 1 heterocycles. The Bertz CT molecular complexity index is 554. The number of hydrogen-bond acceptors (Lipinski definition) is 4. The van der Waals surface area contributed by atoms with Crippen LogP contribution in [0.15, 0.2) is 28.8 Å². The van der Waals surface area contributed by atoms with Crippen molar-refractivity contribution in [3.8, 4) is 0 Å². The predicted molar refractivity (Wildman–Crippen MR) is 79.9 cm³/mol. The van der Waals surface area contributed by atoms with Crippen molar-refractivity contribution in [3.05, 3.63) is 46.6 Å². The summed E-state index contributed by atoms with van der Waals surface area (Å²) >= 11 is 5.97. The average Bonchev–Trinajstić information content (AvgIpc) is 2.83. The van der Waals surface area contributed by atoms with Crippen molar-refractivity contribution in [1.82, 2.24) is 15.5 Å². The number of halogens is 1. The molecule has 2 aromatic rings. The van der Waals surface area contributed by atoms with Gasteiger partial charge in [-0.1, -0.05) is 42.7 Å². The van der Waals surface area contributed by atoms with E-state index in [2.05, 4.69) is 29.3 Å². The molecule has 20 heavy (non-hydrogen) atoms. The maximum absolute atomic E-state index is 5.97. The Morgan fingerprint density at radius 2 is 2.15 bits per heavy atom. The van der Waals surface area contributed by atoms with Gasteiger partial charge in [0, 0.05) is 23.9 Å². The number of aromatic nitrogens is 2. The summed E-state index contributed by atoms with van der Waals surface area (Å²) in [4.78, 5) is 4.44. The van der Waals surface area contributed by atoms with Crippen LogP contribution in [-0.2, 0) is 12.8 Å². The summed E-state index contributed by atoms with van der Waals surface area (Å²) in [5, 5.41) is 8.03. The lowest BCUT2D eigenvalue weighted by atomic mass is 10.0. The minimum absolute atomic E-state index is 0.342. The van der Waals surface area contributed by atoms with Gasteiger partial charge in [0.1, 0.15) is 0 Å². The van der Waals surface area contributed by atoms with E-state index < -0.39 is 0 Å². The summed E-state index contributed by atoms with van der Waals surface area (Å²) in [6.45, 7) is 4.34. The maximum Gasteiger partial charge on any atom is 0.228 e. The largest absolute Gasteiger partial charge is 0.339 e. The molecule has 0 radical (unpaired) electrons. The molecule has 108 valence electrons. The Hall–Kier alpha value is -1.39. The van der Waals surface area contributed by atoms with Crippen molar-refractivity contribution >= 4 is 11.6 Å². The van der Waals surface area contributed by atoms with Crippen molar-refractivity contribution < 1.29 is 4.52 Å². The molecule has 5 heteroatoms. The van der Waals surface area contributed by atoms with Crippen LogP contribution in [0.4, 0.5) is 0 Å². The van der Waals surface area contributed by atoms with Crippen LogP contribution in [0.3, 0.4) is 0 Å². The van der Waals surface area contributed by atoms with E-state index in [0.717, 1.165) is 17.0 Å². The number of likely N-dealkylation sites (N-methyl/N-ethyl adjacent to an activating group) is 1. The molecule has 0 bridgehead atoms. The van der Waals surface area contributed by atoms with Gasteiger partial charge in [0.25, 0.3) is 0 Å². The molecule has 1 unspecified atom stereocenters. The highest BCUT2D eigenvalue weighted by atomic mass is 35.5. The maximum atomic E-state index is 5.97. The molecule has 0 saturated heterocycles. The standard InChI is InChI=1S/C15H20ClN3O/c1-10(2)13(17-3)9-15-18-14(19-20-15)8-11-5-4-6-12(16)7-11/h4-7,10,13,17H,8-9H2,1-3H3. The Balaban J connectivity index is 2.02. The van der Waals surface area contributed by atoms with E-state index in [9.17, 15) is 0 Å². The van der Waals surface area contributed by atoms with Crippen molar-refractivity contribution in [2.24, 2.45) is 5.92 Å². The van der Waals surface area contributed by atoms with Gasteiger partial charge in [-0.3, -0.25) is 0 Å². The molecule has 0 saturated carbocycles. The molecule has 1 aromatic heterocycles. The lowest BCUT2D eigenvalue weighted by Gasteiger charge is -2.17. The fourth-order valence-corrected chi connectivity index (χ4v) is 2.35. The minimum atomic E-state index is 0.342. The highest BCUT2D eigenvalue weighted by Crippen LogP contribution is 2.14. The van der Waals surface area contributed by atoms with E-state index >= 15 is 0 Å². The van der Waals surface area contributed by atoms with Gasteiger partial charge in [-0.05, 0) is 30.7 Å². The Morgan fingerprint density at radius 3 is 2.80 bits per heavy atom. The zero-order valence-electron chi connectivity index (χ0n) is 12.1. The smallest absolute Gasteiger partial charge is 0.228 e. The first-order valence-corrected chi connectivity index (χ1v) is 7.19. The zero-order valence-corrected chi connectivity index (χ0v) is 12.8. The van der Waals surface area contributed by atoms with Crippen LogP contribution in [0.25, 0.3) is 0 Å². The summed E-state index contributed by atoms with van der Waals surface area (Å²) in [5.41, 5.74) is 1.08. The van der Waals surface area contributed by atoms with Crippen LogP contribution in [0.5, 0.6) is 0 Å². The van der Waals surface area contributed by atoms with Crippen LogP contribution in [0.1, 0.15) is 31.1 Å². The lowest BCUT2D eigenvalue weighted by Crippen LogP contribution is -2.32. The molecule has 0 aliphatic rings. The molecular formula is C15H20ClN3O. The quantitative estimate of drug-likeness (QED) is 0.889. The van der Waals surface area contributed by atoms with E-state index in [0.29, 0.717) is 30.1 Å². The number of benzene rings is 1. The molecular weight excluding hydrogens is 274 g/mol. The normalized spacial score (nSPS) is 12.8. The predicted octanol–water partition coefficient (Wildman–Crippen LogP) is 3.10. The van der Waals surface area contributed by atoms with Crippen molar-refractivity contribution in [3.63, 3.8) is 0 Å². The summed E-state index contributed by atoms with van der Waals surface area (Å²) in [6, 6.07) is 8.05. The Kier molecular flexibility index (Phi) is 5.15. The van der Waals surface area contributed by atoms with Gasteiger partial charge in [-0.25, -0.2) is 0 Å².